The fourth-order valence-corrected chi connectivity index (χ4v) is 2.09. The number of esters is 2. The summed E-state index contributed by atoms with van der Waals surface area (Å²) in [5.41, 5.74) is 1.10. The molecule has 1 heterocycles. The van der Waals surface area contributed by atoms with Crippen molar-refractivity contribution < 1.29 is 19.1 Å². The van der Waals surface area contributed by atoms with Gasteiger partial charge in [0.25, 0.3) is 0 Å². The molecule has 2 atom stereocenters. The van der Waals surface area contributed by atoms with Crippen LogP contribution in [0.2, 0.25) is 0 Å². The molecule has 1 aliphatic heterocycles. The third-order valence-corrected chi connectivity index (χ3v) is 2.94. The van der Waals surface area contributed by atoms with E-state index in [0.717, 1.165) is 5.56 Å². The van der Waals surface area contributed by atoms with Gasteiger partial charge in [-0.05, 0) is 12.5 Å². The van der Waals surface area contributed by atoms with Crippen molar-refractivity contribution in [2.45, 2.75) is 25.9 Å². The standard InChI is InChI=1S/C14H16O4/c1-2-17-13(15)12-9-11(18-14(12)16)8-10-6-4-3-5-7-10/h3-7,11-12H,2,8-9H2,1H3/t11-,12?/m0/s1. The van der Waals surface area contributed by atoms with E-state index in [2.05, 4.69) is 0 Å². The summed E-state index contributed by atoms with van der Waals surface area (Å²) in [6, 6.07) is 9.77. The van der Waals surface area contributed by atoms with Crippen LogP contribution < -0.4 is 0 Å². The third-order valence-electron chi connectivity index (χ3n) is 2.94. The molecule has 18 heavy (non-hydrogen) atoms. The number of carbonyl (C=O) groups is 2. The maximum Gasteiger partial charge on any atom is 0.320 e. The van der Waals surface area contributed by atoms with E-state index in [1.54, 1.807) is 6.92 Å². The smallest absolute Gasteiger partial charge is 0.320 e. The highest BCUT2D eigenvalue weighted by Gasteiger charge is 2.40. The highest BCUT2D eigenvalue weighted by atomic mass is 16.6. The Morgan fingerprint density at radius 3 is 2.78 bits per heavy atom. The molecule has 1 fully saturated rings. The van der Waals surface area contributed by atoms with Crippen molar-refractivity contribution in [2.75, 3.05) is 6.61 Å². The van der Waals surface area contributed by atoms with Crippen molar-refractivity contribution >= 4 is 11.9 Å². The lowest BCUT2D eigenvalue weighted by molar-refractivity contribution is -0.156. The quantitative estimate of drug-likeness (QED) is 0.601. The molecule has 0 saturated carbocycles. The Hall–Kier alpha value is -1.84. The van der Waals surface area contributed by atoms with Gasteiger partial charge in [-0.3, -0.25) is 9.59 Å². The predicted molar refractivity (Wildman–Crippen MR) is 64.8 cm³/mol. The van der Waals surface area contributed by atoms with Crippen LogP contribution in [0.5, 0.6) is 0 Å². The number of carbonyl (C=O) groups excluding carboxylic acids is 2. The Morgan fingerprint density at radius 1 is 1.39 bits per heavy atom. The largest absolute Gasteiger partial charge is 0.465 e. The average molecular weight is 248 g/mol. The Kier molecular flexibility index (Phi) is 3.97. The summed E-state index contributed by atoms with van der Waals surface area (Å²) < 4.78 is 10.1. The number of rotatable bonds is 4. The van der Waals surface area contributed by atoms with E-state index in [1.165, 1.54) is 0 Å². The van der Waals surface area contributed by atoms with Gasteiger partial charge < -0.3 is 9.47 Å². The molecule has 1 aliphatic rings. The minimum absolute atomic E-state index is 0.227. The second-order valence-electron chi connectivity index (χ2n) is 4.29. The van der Waals surface area contributed by atoms with Gasteiger partial charge in [-0.25, -0.2) is 0 Å². The first kappa shape index (κ1) is 12.6. The van der Waals surface area contributed by atoms with E-state index < -0.39 is 17.9 Å². The van der Waals surface area contributed by atoms with Crippen LogP contribution in [-0.4, -0.2) is 24.6 Å². The first-order valence-corrected chi connectivity index (χ1v) is 6.11. The topological polar surface area (TPSA) is 52.6 Å². The predicted octanol–water partition coefficient (Wildman–Crippen LogP) is 1.72. The summed E-state index contributed by atoms with van der Waals surface area (Å²) in [7, 11) is 0. The van der Waals surface area contributed by atoms with Gasteiger partial charge in [0.1, 0.15) is 6.10 Å². The lowest BCUT2D eigenvalue weighted by Crippen LogP contribution is -2.21. The first-order valence-electron chi connectivity index (χ1n) is 6.11. The average Bonchev–Trinajstić information content (AvgIpc) is 2.72. The lowest BCUT2D eigenvalue weighted by atomic mass is 10.0. The van der Waals surface area contributed by atoms with Crippen LogP contribution in [-0.2, 0) is 25.5 Å². The molecule has 0 aliphatic carbocycles. The first-order chi connectivity index (χ1) is 8.70. The van der Waals surface area contributed by atoms with Crippen LogP contribution in [0.4, 0.5) is 0 Å². The summed E-state index contributed by atoms with van der Waals surface area (Å²) in [5, 5.41) is 0. The fourth-order valence-electron chi connectivity index (χ4n) is 2.09. The van der Waals surface area contributed by atoms with E-state index >= 15 is 0 Å². The molecule has 96 valence electrons. The molecule has 0 amide bonds. The van der Waals surface area contributed by atoms with Crippen molar-refractivity contribution in [3.8, 4) is 0 Å². The zero-order chi connectivity index (χ0) is 13.0. The zero-order valence-corrected chi connectivity index (χ0v) is 10.3. The van der Waals surface area contributed by atoms with E-state index in [4.69, 9.17) is 9.47 Å². The maximum atomic E-state index is 11.6. The molecule has 1 aromatic carbocycles. The Bertz CT molecular complexity index is 427. The highest BCUT2D eigenvalue weighted by Crippen LogP contribution is 2.25. The van der Waals surface area contributed by atoms with Gasteiger partial charge in [0.05, 0.1) is 6.61 Å². The third kappa shape index (κ3) is 2.88. The molecular weight excluding hydrogens is 232 g/mol. The van der Waals surface area contributed by atoms with Crippen LogP contribution in [0.1, 0.15) is 18.9 Å². The molecule has 0 N–H and O–H groups in total. The minimum Gasteiger partial charge on any atom is -0.465 e. The van der Waals surface area contributed by atoms with E-state index in [9.17, 15) is 9.59 Å². The molecule has 0 radical (unpaired) electrons. The zero-order valence-electron chi connectivity index (χ0n) is 10.3. The number of hydrogen-bond donors (Lipinski definition) is 0. The highest BCUT2D eigenvalue weighted by molar-refractivity contribution is 5.96. The van der Waals surface area contributed by atoms with Gasteiger partial charge in [0, 0.05) is 12.8 Å². The second-order valence-corrected chi connectivity index (χ2v) is 4.29. The summed E-state index contributed by atoms with van der Waals surface area (Å²) >= 11 is 0. The van der Waals surface area contributed by atoms with E-state index in [0.29, 0.717) is 12.8 Å². The van der Waals surface area contributed by atoms with Gasteiger partial charge >= 0.3 is 11.9 Å². The molecule has 1 aromatic rings. The molecule has 1 unspecified atom stereocenters. The van der Waals surface area contributed by atoms with Crippen molar-refractivity contribution in [1.82, 2.24) is 0 Å². The van der Waals surface area contributed by atoms with Crippen molar-refractivity contribution in [3.05, 3.63) is 35.9 Å². The number of ether oxygens (including phenoxy) is 2. The number of cyclic esters (lactones) is 1. The van der Waals surface area contributed by atoms with E-state index in [1.807, 2.05) is 30.3 Å². The molecular formula is C14H16O4. The Labute approximate surface area is 106 Å². The Balaban J connectivity index is 1.94. The van der Waals surface area contributed by atoms with Gasteiger partial charge in [-0.2, -0.15) is 0 Å². The molecule has 0 bridgehead atoms. The summed E-state index contributed by atoms with van der Waals surface area (Å²) in [5.74, 6) is -1.69. The van der Waals surface area contributed by atoms with E-state index in [-0.39, 0.29) is 12.7 Å². The van der Waals surface area contributed by atoms with Gasteiger partial charge in [0.15, 0.2) is 5.92 Å². The van der Waals surface area contributed by atoms with Crippen molar-refractivity contribution in [2.24, 2.45) is 5.92 Å². The maximum absolute atomic E-state index is 11.6. The molecule has 2 rings (SSSR count). The van der Waals surface area contributed by atoms with Gasteiger partial charge in [0.2, 0.25) is 0 Å². The lowest BCUT2D eigenvalue weighted by Gasteiger charge is -2.08. The fraction of sp³-hybridized carbons (Fsp3) is 0.429. The Morgan fingerprint density at radius 2 is 2.11 bits per heavy atom. The minimum atomic E-state index is -0.751. The summed E-state index contributed by atoms with van der Waals surface area (Å²) in [4.78, 5) is 23.1. The molecule has 1 saturated heterocycles. The second kappa shape index (κ2) is 5.67. The van der Waals surface area contributed by atoms with Crippen molar-refractivity contribution in [1.29, 1.82) is 0 Å². The summed E-state index contributed by atoms with van der Waals surface area (Å²) in [6.07, 6.45) is 0.823. The van der Waals surface area contributed by atoms with Gasteiger partial charge in [-0.1, -0.05) is 30.3 Å². The molecule has 4 heteroatoms. The number of benzene rings is 1. The molecule has 0 aromatic heterocycles. The van der Waals surface area contributed by atoms with Gasteiger partial charge in [-0.15, -0.1) is 0 Å². The van der Waals surface area contributed by atoms with Crippen molar-refractivity contribution in [3.63, 3.8) is 0 Å². The molecule has 0 spiro atoms. The molecule has 4 nitrogen and oxygen atoms in total. The summed E-state index contributed by atoms with van der Waals surface area (Å²) in [6.45, 7) is 2.01. The van der Waals surface area contributed by atoms with Crippen LogP contribution in [0.25, 0.3) is 0 Å². The van der Waals surface area contributed by atoms with Crippen LogP contribution in [0.3, 0.4) is 0 Å². The van der Waals surface area contributed by atoms with Crippen LogP contribution in [0, 0.1) is 5.92 Å². The monoisotopic (exact) mass is 248 g/mol. The van der Waals surface area contributed by atoms with Crippen LogP contribution in [0.15, 0.2) is 30.3 Å². The SMILES string of the molecule is CCOC(=O)C1C[C@H](Cc2ccccc2)OC1=O. The number of hydrogen-bond acceptors (Lipinski definition) is 4. The van der Waals surface area contributed by atoms with Crippen LogP contribution >= 0.6 is 0 Å². The normalized spacial score (nSPS) is 22.6.